The van der Waals surface area contributed by atoms with E-state index < -0.39 is 0 Å². The maximum Gasteiger partial charge on any atom is 0.409 e. The van der Waals surface area contributed by atoms with Gasteiger partial charge in [-0.25, -0.2) is 4.79 Å². The summed E-state index contributed by atoms with van der Waals surface area (Å²) in [5.41, 5.74) is 8.76. The van der Waals surface area contributed by atoms with Crippen molar-refractivity contribution in [3.8, 4) is 11.1 Å². The molecule has 3 aromatic carbocycles. The van der Waals surface area contributed by atoms with Gasteiger partial charge in [0.1, 0.15) is 6.61 Å². The monoisotopic (exact) mass is 570 g/mol. The second-order valence-electron chi connectivity index (χ2n) is 8.65. The van der Waals surface area contributed by atoms with Crippen LogP contribution in [0.4, 0.5) is 10.5 Å². The molecular weight excluding hydrogens is 543 g/mol. The summed E-state index contributed by atoms with van der Waals surface area (Å²) in [5.74, 6) is 0.825. The Bertz CT molecular complexity index is 1140. The highest BCUT2D eigenvalue weighted by Crippen LogP contribution is 2.44. The molecule has 1 saturated heterocycles. The molecule has 0 saturated carbocycles. The number of carbonyl (C=O) groups excluding carboxylic acids is 1. The second kappa shape index (κ2) is 9.58. The van der Waals surface area contributed by atoms with E-state index in [4.69, 9.17) is 4.74 Å². The fourth-order valence-corrected chi connectivity index (χ4v) is 6.03. The third-order valence-electron chi connectivity index (χ3n) is 6.84. The molecule has 3 aromatic rings. The molecule has 170 valence electrons. The molecule has 4 nitrogen and oxygen atoms in total. The second-order valence-corrected chi connectivity index (χ2v) is 10.2. The van der Waals surface area contributed by atoms with E-state index in [9.17, 15) is 4.79 Å². The Hall–Kier alpha value is -2.19. The predicted molar refractivity (Wildman–Crippen MR) is 145 cm³/mol. The molecule has 2 aliphatic rings. The highest BCUT2D eigenvalue weighted by atomic mass is 127. The standard InChI is InChI=1S/C27H27IN2O2S/c1-18-19(17-33)14-20(28)15-26(18)29-10-12-30(13-11-29)27(31)32-16-25-23-8-4-2-6-21(23)22-7-3-5-9-24(22)25/h2-9,14-15,25,33H,10-13,16-17H2,1H3. The van der Waals surface area contributed by atoms with Gasteiger partial charge < -0.3 is 14.5 Å². The lowest BCUT2D eigenvalue weighted by molar-refractivity contribution is 0.0977. The fourth-order valence-electron chi connectivity index (χ4n) is 5.03. The van der Waals surface area contributed by atoms with Crippen molar-refractivity contribution < 1.29 is 9.53 Å². The highest BCUT2D eigenvalue weighted by Gasteiger charge is 2.30. The molecule has 0 N–H and O–H groups in total. The zero-order valence-electron chi connectivity index (χ0n) is 18.6. The molecule has 0 aromatic heterocycles. The van der Waals surface area contributed by atoms with Gasteiger partial charge in [-0.1, -0.05) is 48.5 Å². The average molecular weight is 570 g/mol. The summed E-state index contributed by atoms with van der Waals surface area (Å²) in [6.07, 6.45) is -0.216. The molecule has 0 atom stereocenters. The molecule has 33 heavy (non-hydrogen) atoms. The number of rotatable bonds is 4. The number of hydrogen-bond acceptors (Lipinski definition) is 4. The minimum absolute atomic E-state index is 0.0938. The molecule has 6 heteroatoms. The fraction of sp³-hybridized carbons (Fsp3) is 0.296. The van der Waals surface area contributed by atoms with Crippen molar-refractivity contribution in [2.75, 3.05) is 37.7 Å². The van der Waals surface area contributed by atoms with Crippen LogP contribution in [0.3, 0.4) is 0 Å². The van der Waals surface area contributed by atoms with E-state index in [0.717, 1.165) is 18.8 Å². The van der Waals surface area contributed by atoms with E-state index in [0.29, 0.717) is 19.7 Å². The van der Waals surface area contributed by atoms with Crippen molar-refractivity contribution in [3.63, 3.8) is 0 Å². The van der Waals surface area contributed by atoms with E-state index >= 15 is 0 Å². The summed E-state index contributed by atoms with van der Waals surface area (Å²) in [6, 6.07) is 21.3. The first kappa shape index (κ1) is 22.6. The molecule has 1 amide bonds. The van der Waals surface area contributed by atoms with Crippen LogP contribution in [0.15, 0.2) is 60.7 Å². The summed E-state index contributed by atoms with van der Waals surface area (Å²) in [6.45, 7) is 5.47. The Morgan fingerprint density at radius 1 is 1.00 bits per heavy atom. The van der Waals surface area contributed by atoms with Crippen molar-refractivity contribution in [3.05, 3.63) is 86.5 Å². The van der Waals surface area contributed by atoms with Gasteiger partial charge in [0, 0.05) is 47.1 Å². The summed E-state index contributed by atoms with van der Waals surface area (Å²) in [7, 11) is 0. The molecule has 1 aliphatic heterocycles. The first-order chi connectivity index (χ1) is 16.1. The first-order valence-corrected chi connectivity index (χ1v) is 13.0. The lowest BCUT2D eigenvalue weighted by Gasteiger charge is -2.36. The number of amides is 1. The predicted octanol–water partition coefficient (Wildman–Crippen LogP) is 6.10. The zero-order valence-corrected chi connectivity index (χ0v) is 21.7. The summed E-state index contributed by atoms with van der Waals surface area (Å²) in [4.78, 5) is 17.1. The van der Waals surface area contributed by atoms with Gasteiger partial charge in [0.05, 0.1) is 0 Å². The van der Waals surface area contributed by atoms with Crippen LogP contribution in [-0.2, 0) is 10.5 Å². The minimum Gasteiger partial charge on any atom is -0.448 e. The average Bonchev–Trinajstić information content (AvgIpc) is 3.17. The Labute approximate surface area is 214 Å². The van der Waals surface area contributed by atoms with Crippen LogP contribution in [0.2, 0.25) is 0 Å². The summed E-state index contributed by atoms with van der Waals surface area (Å²) >= 11 is 6.85. The number of hydrogen-bond donors (Lipinski definition) is 1. The number of carbonyl (C=O) groups is 1. The van der Waals surface area contributed by atoms with E-state index in [1.54, 1.807) is 0 Å². The van der Waals surface area contributed by atoms with Crippen LogP contribution in [0.25, 0.3) is 11.1 Å². The number of fused-ring (bicyclic) bond motifs is 3. The van der Waals surface area contributed by atoms with Gasteiger partial charge in [0.25, 0.3) is 0 Å². The summed E-state index contributed by atoms with van der Waals surface area (Å²) < 4.78 is 7.08. The molecule has 0 radical (unpaired) electrons. The molecule has 5 rings (SSSR count). The van der Waals surface area contributed by atoms with Gasteiger partial charge in [-0.3, -0.25) is 0 Å². The SMILES string of the molecule is Cc1c(CS)cc(I)cc1N1CCN(C(=O)OCC2c3ccccc3-c3ccccc32)CC1. The van der Waals surface area contributed by atoms with Gasteiger partial charge in [0.15, 0.2) is 0 Å². The quantitative estimate of drug-likeness (QED) is 0.304. The van der Waals surface area contributed by atoms with Crippen molar-refractivity contribution in [1.29, 1.82) is 0 Å². The number of ether oxygens (including phenoxy) is 1. The van der Waals surface area contributed by atoms with Crippen LogP contribution < -0.4 is 4.90 Å². The number of piperazine rings is 1. The molecule has 1 fully saturated rings. The van der Waals surface area contributed by atoms with E-state index in [-0.39, 0.29) is 12.0 Å². The first-order valence-electron chi connectivity index (χ1n) is 11.3. The molecule has 0 spiro atoms. The lowest BCUT2D eigenvalue weighted by Crippen LogP contribution is -2.49. The van der Waals surface area contributed by atoms with Crippen LogP contribution in [0, 0.1) is 10.5 Å². The lowest BCUT2D eigenvalue weighted by atomic mass is 9.98. The Morgan fingerprint density at radius 2 is 1.61 bits per heavy atom. The van der Waals surface area contributed by atoms with Gasteiger partial charge in [-0.05, 0) is 75.0 Å². The number of anilines is 1. The number of nitrogens with zero attached hydrogens (tertiary/aromatic N) is 2. The van der Waals surface area contributed by atoms with E-state index in [1.165, 1.54) is 42.6 Å². The van der Waals surface area contributed by atoms with Crippen molar-refractivity contribution in [1.82, 2.24) is 4.90 Å². The topological polar surface area (TPSA) is 32.8 Å². The van der Waals surface area contributed by atoms with Crippen LogP contribution in [0.1, 0.15) is 28.2 Å². The molecule has 1 aliphatic carbocycles. The van der Waals surface area contributed by atoms with Crippen LogP contribution in [0.5, 0.6) is 0 Å². The number of benzene rings is 3. The molecule has 0 unspecified atom stereocenters. The number of thiol groups is 1. The van der Waals surface area contributed by atoms with Gasteiger partial charge in [-0.15, -0.1) is 0 Å². The summed E-state index contributed by atoms with van der Waals surface area (Å²) in [5, 5.41) is 0. The van der Waals surface area contributed by atoms with E-state index in [2.05, 4.69) is 108 Å². The third kappa shape index (κ3) is 4.35. The largest absolute Gasteiger partial charge is 0.448 e. The molecular formula is C27H27IN2O2S. The van der Waals surface area contributed by atoms with Crippen LogP contribution in [-0.4, -0.2) is 43.8 Å². The Balaban J connectivity index is 1.23. The third-order valence-corrected chi connectivity index (χ3v) is 7.80. The minimum atomic E-state index is -0.216. The van der Waals surface area contributed by atoms with Gasteiger partial charge in [-0.2, -0.15) is 12.6 Å². The highest BCUT2D eigenvalue weighted by molar-refractivity contribution is 14.1. The Morgan fingerprint density at radius 3 is 2.21 bits per heavy atom. The van der Waals surface area contributed by atoms with E-state index in [1.807, 2.05) is 4.90 Å². The van der Waals surface area contributed by atoms with Crippen molar-refractivity contribution >= 4 is 47.0 Å². The smallest absolute Gasteiger partial charge is 0.409 e. The van der Waals surface area contributed by atoms with Gasteiger partial charge >= 0.3 is 6.09 Å². The maximum atomic E-state index is 12.9. The van der Waals surface area contributed by atoms with Crippen molar-refractivity contribution in [2.45, 2.75) is 18.6 Å². The van der Waals surface area contributed by atoms with Gasteiger partial charge in [0.2, 0.25) is 0 Å². The molecule has 1 heterocycles. The van der Waals surface area contributed by atoms with Crippen LogP contribution >= 0.6 is 35.2 Å². The Kier molecular flexibility index (Phi) is 6.56. The van der Waals surface area contributed by atoms with Crippen molar-refractivity contribution in [2.24, 2.45) is 0 Å². The normalized spacial score (nSPS) is 15.4. The molecule has 0 bridgehead atoms. The maximum absolute atomic E-state index is 12.9. The zero-order chi connectivity index (χ0) is 22.9. The number of halogens is 1.